The van der Waals surface area contributed by atoms with Crippen LogP contribution in [0, 0.1) is 0 Å². The fourth-order valence-corrected chi connectivity index (χ4v) is 2.62. The molecule has 0 atom stereocenters. The summed E-state index contributed by atoms with van der Waals surface area (Å²) in [5, 5.41) is 8.99. The Balaban J connectivity index is 1.75. The third kappa shape index (κ3) is 3.48. The summed E-state index contributed by atoms with van der Waals surface area (Å²) < 4.78 is 5.83. The van der Waals surface area contributed by atoms with E-state index < -0.39 is 6.09 Å². The number of carbonyl (C=O) groups excluding carboxylic acids is 1. The average molecular weight is 326 g/mol. The molecule has 0 spiro atoms. The largest absolute Gasteiger partial charge is 0.465 e. The van der Waals surface area contributed by atoms with E-state index in [1.165, 1.54) is 4.90 Å². The van der Waals surface area contributed by atoms with Crippen molar-refractivity contribution in [2.75, 3.05) is 26.2 Å². The molecular formula is C18H18N2O4. The summed E-state index contributed by atoms with van der Waals surface area (Å²) in [4.78, 5) is 26.7. The SMILES string of the molecule is O=C(O)N1CCN(C(=O)c2ccccc2Oc2ccccc2)CC1. The molecule has 1 saturated heterocycles. The van der Waals surface area contributed by atoms with Crippen LogP contribution in [0.4, 0.5) is 4.79 Å². The number of hydrogen-bond acceptors (Lipinski definition) is 3. The van der Waals surface area contributed by atoms with Crippen LogP contribution in [0.2, 0.25) is 0 Å². The maximum absolute atomic E-state index is 12.8. The Kier molecular flexibility index (Phi) is 4.65. The minimum absolute atomic E-state index is 0.147. The number of carboxylic acid groups (broad SMARTS) is 1. The van der Waals surface area contributed by atoms with Crippen LogP contribution in [0.5, 0.6) is 11.5 Å². The van der Waals surface area contributed by atoms with E-state index in [4.69, 9.17) is 9.84 Å². The molecule has 24 heavy (non-hydrogen) atoms. The number of nitrogens with zero attached hydrogens (tertiary/aromatic N) is 2. The molecule has 124 valence electrons. The van der Waals surface area contributed by atoms with E-state index in [0.29, 0.717) is 43.2 Å². The molecule has 1 aliphatic rings. The number of hydrogen-bond donors (Lipinski definition) is 1. The van der Waals surface area contributed by atoms with Gasteiger partial charge in [-0.3, -0.25) is 4.79 Å². The number of rotatable bonds is 3. The molecule has 2 aromatic carbocycles. The monoisotopic (exact) mass is 326 g/mol. The fraction of sp³-hybridized carbons (Fsp3) is 0.222. The fourth-order valence-electron chi connectivity index (χ4n) is 2.62. The molecule has 0 saturated carbocycles. The second-order valence-corrected chi connectivity index (χ2v) is 5.47. The molecule has 1 fully saturated rings. The Hall–Kier alpha value is -3.02. The average Bonchev–Trinajstić information content (AvgIpc) is 2.62. The van der Waals surface area contributed by atoms with Gasteiger partial charge in [0.1, 0.15) is 11.5 Å². The molecule has 2 amide bonds. The van der Waals surface area contributed by atoms with Crippen molar-refractivity contribution in [3.63, 3.8) is 0 Å². The highest BCUT2D eigenvalue weighted by Gasteiger charge is 2.26. The van der Waals surface area contributed by atoms with Crippen molar-refractivity contribution in [1.29, 1.82) is 0 Å². The lowest BCUT2D eigenvalue weighted by atomic mass is 10.1. The second-order valence-electron chi connectivity index (χ2n) is 5.47. The molecule has 3 rings (SSSR count). The van der Waals surface area contributed by atoms with Gasteiger partial charge in [-0.1, -0.05) is 30.3 Å². The van der Waals surface area contributed by atoms with Crippen LogP contribution < -0.4 is 4.74 Å². The van der Waals surface area contributed by atoms with Gasteiger partial charge in [0.2, 0.25) is 0 Å². The van der Waals surface area contributed by atoms with Crippen molar-refractivity contribution in [3.8, 4) is 11.5 Å². The summed E-state index contributed by atoms with van der Waals surface area (Å²) in [6.45, 7) is 1.40. The van der Waals surface area contributed by atoms with Gasteiger partial charge in [0.05, 0.1) is 5.56 Å². The standard InChI is InChI=1S/C18H18N2O4/c21-17(19-10-12-20(13-11-19)18(22)23)15-8-4-5-9-16(15)24-14-6-2-1-3-7-14/h1-9H,10-13H2,(H,22,23). The molecule has 1 heterocycles. The lowest BCUT2D eigenvalue weighted by Gasteiger charge is -2.33. The summed E-state index contributed by atoms with van der Waals surface area (Å²) >= 11 is 0. The first-order valence-electron chi connectivity index (χ1n) is 7.74. The predicted molar refractivity (Wildman–Crippen MR) is 88.5 cm³/mol. The number of carbonyl (C=O) groups is 2. The Labute approximate surface area is 139 Å². The number of piperazine rings is 1. The van der Waals surface area contributed by atoms with Gasteiger partial charge >= 0.3 is 6.09 Å². The van der Waals surface area contributed by atoms with Crippen molar-refractivity contribution < 1.29 is 19.4 Å². The molecular weight excluding hydrogens is 308 g/mol. The minimum atomic E-state index is -0.949. The predicted octanol–water partition coefficient (Wildman–Crippen LogP) is 2.91. The molecule has 6 nitrogen and oxygen atoms in total. The van der Waals surface area contributed by atoms with Gasteiger partial charge in [0, 0.05) is 26.2 Å². The van der Waals surface area contributed by atoms with Crippen molar-refractivity contribution in [2.24, 2.45) is 0 Å². The van der Waals surface area contributed by atoms with Crippen LogP contribution in [0.25, 0.3) is 0 Å². The zero-order valence-electron chi connectivity index (χ0n) is 13.1. The van der Waals surface area contributed by atoms with Crippen LogP contribution in [-0.2, 0) is 0 Å². The van der Waals surface area contributed by atoms with Crippen LogP contribution in [-0.4, -0.2) is 53.1 Å². The third-order valence-electron chi connectivity index (χ3n) is 3.93. The van der Waals surface area contributed by atoms with Crippen LogP contribution in [0.15, 0.2) is 54.6 Å². The summed E-state index contributed by atoms with van der Waals surface area (Å²) in [5.74, 6) is 1.01. The number of para-hydroxylation sites is 2. The van der Waals surface area contributed by atoms with E-state index in [-0.39, 0.29) is 5.91 Å². The maximum atomic E-state index is 12.8. The van der Waals surface area contributed by atoms with Crippen molar-refractivity contribution in [2.45, 2.75) is 0 Å². The Morgan fingerprint density at radius 3 is 2.08 bits per heavy atom. The first kappa shape index (κ1) is 15.9. The Morgan fingerprint density at radius 2 is 1.42 bits per heavy atom. The molecule has 1 aliphatic heterocycles. The van der Waals surface area contributed by atoms with Crippen molar-refractivity contribution >= 4 is 12.0 Å². The molecule has 0 radical (unpaired) electrons. The van der Waals surface area contributed by atoms with Crippen LogP contribution in [0.3, 0.4) is 0 Å². The van der Waals surface area contributed by atoms with Gasteiger partial charge in [-0.15, -0.1) is 0 Å². The highest BCUT2D eigenvalue weighted by molar-refractivity contribution is 5.97. The van der Waals surface area contributed by atoms with Crippen LogP contribution in [0.1, 0.15) is 10.4 Å². The second kappa shape index (κ2) is 7.04. The van der Waals surface area contributed by atoms with E-state index in [1.54, 1.807) is 23.1 Å². The molecule has 0 aromatic heterocycles. The smallest absolute Gasteiger partial charge is 0.407 e. The highest BCUT2D eigenvalue weighted by atomic mass is 16.5. The lowest BCUT2D eigenvalue weighted by molar-refractivity contribution is 0.0622. The van der Waals surface area contributed by atoms with Crippen molar-refractivity contribution in [1.82, 2.24) is 9.80 Å². The third-order valence-corrected chi connectivity index (χ3v) is 3.93. The summed E-state index contributed by atoms with van der Waals surface area (Å²) in [5.41, 5.74) is 0.477. The number of ether oxygens (including phenoxy) is 1. The van der Waals surface area contributed by atoms with Gasteiger partial charge in [0.25, 0.3) is 5.91 Å². The molecule has 0 aliphatic carbocycles. The minimum Gasteiger partial charge on any atom is -0.465 e. The number of amides is 2. The maximum Gasteiger partial charge on any atom is 0.407 e. The molecule has 0 unspecified atom stereocenters. The normalized spacial score (nSPS) is 14.3. The van der Waals surface area contributed by atoms with Gasteiger partial charge in [-0.05, 0) is 24.3 Å². The summed E-state index contributed by atoms with van der Waals surface area (Å²) in [6, 6.07) is 16.4. The van der Waals surface area contributed by atoms with E-state index in [2.05, 4.69) is 0 Å². The summed E-state index contributed by atoms with van der Waals surface area (Å²) in [6.07, 6.45) is -0.949. The van der Waals surface area contributed by atoms with E-state index in [9.17, 15) is 9.59 Å². The zero-order valence-corrected chi connectivity index (χ0v) is 13.1. The van der Waals surface area contributed by atoms with Gasteiger partial charge in [-0.2, -0.15) is 0 Å². The lowest BCUT2D eigenvalue weighted by Crippen LogP contribution is -2.50. The number of benzene rings is 2. The molecule has 0 bridgehead atoms. The Bertz CT molecular complexity index is 725. The first-order valence-corrected chi connectivity index (χ1v) is 7.74. The van der Waals surface area contributed by atoms with Gasteiger partial charge in [-0.25, -0.2) is 4.79 Å². The Morgan fingerprint density at radius 1 is 0.833 bits per heavy atom. The van der Waals surface area contributed by atoms with E-state index in [1.807, 2.05) is 36.4 Å². The molecule has 1 N–H and O–H groups in total. The first-order chi connectivity index (χ1) is 11.6. The van der Waals surface area contributed by atoms with Crippen LogP contribution >= 0.6 is 0 Å². The molecule has 6 heteroatoms. The molecule has 2 aromatic rings. The van der Waals surface area contributed by atoms with Crippen molar-refractivity contribution in [3.05, 3.63) is 60.2 Å². The quantitative estimate of drug-likeness (QED) is 0.941. The van der Waals surface area contributed by atoms with Gasteiger partial charge < -0.3 is 19.6 Å². The van der Waals surface area contributed by atoms with E-state index in [0.717, 1.165) is 0 Å². The highest BCUT2D eigenvalue weighted by Crippen LogP contribution is 2.26. The summed E-state index contributed by atoms with van der Waals surface area (Å²) in [7, 11) is 0. The topological polar surface area (TPSA) is 70.1 Å². The zero-order chi connectivity index (χ0) is 16.9. The van der Waals surface area contributed by atoms with E-state index >= 15 is 0 Å². The van der Waals surface area contributed by atoms with Gasteiger partial charge in [0.15, 0.2) is 0 Å².